The molecule has 1 aromatic carbocycles. The number of anilines is 2. The van der Waals surface area contributed by atoms with Gasteiger partial charge in [0.1, 0.15) is 4.90 Å². The first-order valence-electron chi connectivity index (χ1n) is 5.87. The van der Waals surface area contributed by atoms with Crippen LogP contribution < -0.4 is 10.5 Å². The first-order valence-corrected chi connectivity index (χ1v) is 7.35. The van der Waals surface area contributed by atoms with Crippen molar-refractivity contribution in [2.45, 2.75) is 11.8 Å². The first-order chi connectivity index (χ1) is 9.79. The van der Waals surface area contributed by atoms with Gasteiger partial charge in [0.15, 0.2) is 0 Å². The number of nitrogens with zero attached hydrogens (tertiary/aromatic N) is 1. The van der Waals surface area contributed by atoms with Gasteiger partial charge < -0.3 is 10.8 Å². The number of rotatable bonds is 4. The maximum Gasteiger partial charge on any atom is 0.335 e. The number of nitrogen functional groups attached to an aromatic ring is 1. The van der Waals surface area contributed by atoms with Gasteiger partial charge in [-0.15, -0.1) is 0 Å². The average Bonchev–Trinajstić information content (AvgIpc) is 2.37. The second-order valence-corrected chi connectivity index (χ2v) is 6.07. The molecule has 110 valence electrons. The summed E-state index contributed by atoms with van der Waals surface area (Å²) in [6, 6.07) is 5.06. The van der Waals surface area contributed by atoms with Crippen molar-refractivity contribution in [3.8, 4) is 0 Å². The molecule has 0 amide bonds. The largest absolute Gasteiger partial charge is 0.478 e. The topological polar surface area (TPSA) is 122 Å². The number of nitrogens with one attached hydrogen (secondary N) is 1. The zero-order valence-corrected chi connectivity index (χ0v) is 11.9. The fourth-order valence-electron chi connectivity index (χ4n) is 1.75. The molecule has 0 radical (unpaired) electrons. The molecule has 8 heteroatoms. The van der Waals surface area contributed by atoms with Gasteiger partial charge in [-0.2, -0.15) is 0 Å². The summed E-state index contributed by atoms with van der Waals surface area (Å²) in [5, 5.41) is 8.84. The predicted octanol–water partition coefficient (Wildman–Crippen LogP) is 1.47. The summed E-state index contributed by atoms with van der Waals surface area (Å²) < 4.78 is 26.8. The summed E-state index contributed by atoms with van der Waals surface area (Å²) in [6.45, 7) is 1.78. The molecule has 0 aliphatic carbocycles. The Morgan fingerprint density at radius 2 is 2.00 bits per heavy atom. The van der Waals surface area contributed by atoms with Crippen molar-refractivity contribution in [2.24, 2.45) is 0 Å². The second kappa shape index (κ2) is 5.41. The highest BCUT2D eigenvalue weighted by atomic mass is 32.2. The first kappa shape index (κ1) is 14.8. The predicted molar refractivity (Wildman–Crippen MR) is 77.6 cm³/mol. The smallest absolute Gasteiger partial charge is 0.335 e. The van der Waals surface area contributed by atoms with Crippen molar-refractivity contribution >= 4 is 27.4 Å². The van der Waals surface area contributed by atoms with Crippen molar-refractivity contribution in [3.63, 3.8) is 0 Å². The SMILES string of the molecule is Cc1cncc(NS(=O)(=O)c2ccc(C(=O)O)cc2N)c1. The zero-order chi connectivity index (χ0) is 15.6. The highest BCUT2D eigenvalue weighted by Crippen LogP contribution is 2.22. The molecule has 21 heavy (non-hydrogen) atoms. The maximum atomic E-state index is 12.2. The Kier molecular flexibility index (Phi) is 3.81. The highest BCUT2D eigenvalue weighted by molar-refractivity contribution is 7.92. The van der Waals surface area contributed by atoms with Crippen molar-refractivity contribution in [1.29, 1.82) is 0 Å². The number of carboxylic acids is 1. The lowest BCUT2D eigenvalue weighted by molar-refractivity contribution is 0.0697. The molecule has 0 atom stereocenters. The molecule has 7 nitrogen and oxygen atoms in total. The Labute approximate surface area is 121 Å². The Morgan fingerprint density at radius 3 is 2.57 bits per heavy atom. The number of hydrogen-bond donors (Lipinski definition) is 3. The van der Waals surface area contributed by atoms with E-state index in [-0.39, 0.29) is 16.1 Å². The van der Waals surface area contributed by atoms with Crippen molar-refractivity contribution in [1.82, 2.24) is 4.98 Å². The van der Waals surface area contributed by atoms with E-state index in [2.05, 4.69) is 9.71 Å². The molecule has 0 saturated heterocycles. The fourth-order valence-corrected chi connectivity index (χ4v) is 2.90. The molecule has 2 aromatic rings. The van der Waals surface area contributed by atoms with Gasteiger partial charge in [0.05, 0.1) is 23.1 Å². The maximum absolute atomic E-state index is 12.2. The standard InChI is InChI=1S/C13H13N3O4S/c1-8-4-10(7-15-6-8)16-21(19,20)12-3-2-9(13(17)18)5-11(12)14/h2-7,16H,14H2,1H3,(H,17,18). The van der Waals surface area contributed by atoms with Crippen LogP contribution in [-0.4, -0.2) is 24.5 Å². The van der Waals surface area contributed by atoms with E-state index in [0.717, 1.165) is 17.7 Å². The monoisotopic (exact) mass is 307 g/mol. The highest BCUT2D eigenvalue weighted by Gasteiger charge is 2.19. The van der Waals surface area contributed by atoms with Crippen LogP contribution in [0.4, 0.5) is 11.4 Å². The Bertz CT molecular complexity index is 803. The lowest BCUT2D eigenvalue weighted by atomic mass is 10.2. The van der Waals surface area contributed by atoms with Crippen LogP contribution >= 0.6 is 0 Å². The third-order valence-corrected chi connectivity index (χ3v) is 4.13. The number of hydrogen-bond acceptors (Lipinski definition) is 5. The molecule has 2 rings (SSSR count). The molecule has 0 unspecified atom stereocenters. The van der Waals surface area contributed by atoms with E-state index in [4.69, 9.17) is 10.8 Å². The van der Waals surface area contributed by atoms with Crippen molar-refractivity contribution < 1.29 is 18.3 Å². The Morgan fingerprint density at radius 1 is 1.29 bits per heavy atom. The number of aromatic carboxylic acids is 1. The molecule has 0 spiro atoms. The molecular weight excluding hydrogens is 294 g/mol. The van der Waals surface area contributed by atoms with Crippen LogP contribution in [0.2, 0.25) is 0 Å². The second-order valence-electron chi connectivity index (χ2n) is 4.41. The van der Waals surface area contributed by atoms with Crippen molar-refractivity contribution in [3.05, 3.63) is 47.8 Å². The number of aromatic nitrogens is 1. The van der Waals surface area contributed by atoms with E-state index in [1.54, 1.807) is 19.2 Å². The molecule has 0 saturated carbocycles. The minimum Gasteiger partial charge on any atom is -0.478 e. The number of sulfonamides is 1. The van der Waals surface area contributed by atoms with E-state index in [0.29, 0.717) is 5.69 Å². The van der Waals surface area contributed by atoms with Gasteiger partial charge in [0.25, 0.3) is 10.0 Å². The van der Waals surface area contributed by atoms with Gasteiger partial charge in [0.2, 0.25) is 0 Å². The van der Waals surface area contributed by atoms with Crippen LogP contribution in [0.1, 0.15) is 15.9 Å². The zero-order valence-electron chi connectivity index (χ0n) is 11.1. The molecule has 0 aliphatic rings. The van der Waals surface area contributed by atoms with Gasteiger partial charge in [-0.05, 0) is 36.8 Å². The third-order valence-electron chi connectivity index (χ3n) is 2.67. The number of carboxylic acid groups (broad SMARTS) is 1. The van der Waals surface area contributed by atoms with Crippen LogP contribution in [0.25, 0.3) is 0 Å². The summed E-state index contributed by atoms with van der Waals surface area (Å²) in [4.78, 5) is 14.5. The molecule has 1 aromatic heterocycles. The molecular formula is C13H13N3O4S. The fraction of sp³-hybridized carbons (Fsp3) is 0.0769. The summed E-state index contributed by atoms with van der Waals surface area (Å²) in [6.07, 6.45) is 2.96. The van der Waals surface area contributed by atoms with E-state index in [9.17, 15) is 13.2 Å². The van der Waals surface area contributed by atoms with Crippen molar-refractivity contribution in [2.75, 3.05) is 10.5 Å². The van der Waals surface area contributed by atoms with Crippen LogP contribution in [0, 0.1) is 6.92 Å². The van der Waals surface area contributed by atoms with Crippen LogP contribution in [-0.2, 0) is 10.0 Å². The van der Waals surface area contributed by atoms with Gasteiger partial charge in [-0.25, -0.2) is 13.2 Å². The lowest BCUT2D eigenvalue weighted by Crippen LogP contribution is -2.15. The number of aryl methyl sites for hydroxylation is 1. The normalized spacial score (nSPS) is 11.1. The third kappa shape index (κ3) is 3.29. The summed E-state index contributed by atoms with van der Waals surface area (Å²) in [7, 11) is -3.91. The Hall–Kier alpha value is -2.61. The summed E-state index contributed by atoms with van der Waals surface area (Å²) in [5.74, 6) is -1.18. The van der Waals surface area contributed by atoms with E-state index < -0.39 is 16.0 Å². The van der Waals surface area contributed by atoms with Crippen LogP contribution in [0.15, 0.2) is 41.6 Å². The minimum atomic E-state index is -3.91. The molecule has 1 heterocycles. The minimum absolute atomic E-state index is 0.0799. The van der Waals surface area contributed by atoms with E-state index in [1.165, 1.54) is 12.3 Å². The van der Waals surface area contributed by atoms with Gasteiger partial charge in [0, 0.05) is 6.20 Å². The summed E-state index contributed by atoms with van der Waals surface area (Å²) >= 11 is 0. The number of benzene rings is 1. The van der Waals surface area contributed by atoms with E-state index in [1.807, 2.05) is 0 Å². The average molecular weight is 307 g/mol. The van der Waals surface area contributed by atoms with Crippen LogP contribution in [0.5, 0.6) is 0 Å². The van der Waals surface area contributed by atoms with Gasteiger partial charge in [-0.1, -0.05) is 0 Å². The number of pyridine rings is 1. The molecule has 4 N–H and O–H groups in total. The van der Waals surface area contributed by atoms with Crippen LogP contribution in [0.3, 0.4) is 0 Å². The Balaban J connectivity index is 2.38. The lowest BCUT2D eigenvalue weighted by Gasteiger charge is -2.10. The van der Waals surface area contributed by atoms with Gasteiger partial charge >= 0.3 is 5.97 Å². The van der Waals surface area contributed by atoms with Gasteiger partial charge in [-0.3, -0.25) is 9.71 Å². The molecule has 0 aliphatic heterocycles. The molecule has 0 bridgehead atoms. The molecule has 0 fully saturated rings. The number of nitrogens with two attached hydrogens (primary N) is 1. The quantitative estimate of drug-likeness (QED) is 0.735. The summed E-state index contributed by atoms with van der Waals surface area (Å²) in [5.41, 5.74) is 6.51. The number of carbonyl (C=O) groups is 1. The van der Waals surface area contributed by atoms with E-state index >= 15 is 0 Å².